The van der Waals surface area contributed by atoms with Gasteiger partial charge >= 0.3 is 0 Å². The van der Waals surface area contributed by atoms with Gasteiger partial charge in [0.15, 0.2) is 0 Å². The Labute approximate surface area is 145 Å². The third-order valence-corrected chi connectivity index (χ3v) is 3.99. The zero-order valence-electron chi connectivity index (χ0n) is 13.5. The molecular weight excluding hydrogens is 324 g/mol. The number of carbonyl (C=O) groups is 2. The fraction of sp³-hybridized carbons (Fsp3) is 0.222. The topological polar surface area (TPSA) is 67.4 Å². The maximum absolute atomic E-state index is 12.4. The van der Waals surface area contributed by atoms with Gasteiger partial charge in [0.1, 0.15) is 5.70 Å². The Morgan fingerprint density at radius 1 is 1.17 bits per heavy atom. The Hall–Kier alpha value is -2.44. The van der Waals surface area contributed by atoms with Crippen molar-refractivity contribution in [3.05, 3.63) is 64.0 Å². The summed E-state index contributed by atoms with van der Waals surface area (Å²) < 4.78 is 4.96. The van der Waals surface area contributed by atoms with Gasteiger partial charge in [0.25, 0.3) is 11.8 Å². The number of nitrogens with one attached hydrogen (secondary N) is 2. The molecule has 2 rings (SSSR count). The molecule has 0 radical (unpaired) electrons. The number of rotatable bonds is 8. The number of ether oxygens (including phenoxy) is 1. The largest absolute Gasteiger partial charge is 0.385 e. The predicted octanol–water partition coefficient (Wildman–Crippen LogP) is 2.67. The van der Waals surface area contributed by atoms with E-state index in [2.05, 4.69) is 10.6 Å². The summed E-state index contributed by atoms with van der Waals surface area (Å²) in [4.78, 5) is 25.6. The highest BCUT2D eigenvalue weighted by atomic mass is 32.1. The van der Waals surface area contributed by atoms with E-state index >= 15 is 0 Å². The summed E-state index contributed by atoms with van der Waals surface area (Å²) in [6, 6.07) is 12.6. The maximum Gasteiger partial charge on any atom is 0.267 e. The average molecular weight is 344 g/mol. The van der Waals surface area contributed by atoms with Crippen molar-refractivity contribution in [2.45, 2.75) is 6.42 Å². The van der Waals surface area contributed by atoms with Crippen LogP contribution in [0.4, 0.5) is 0 Å². The molecule has 0 spiro atoms. The highest BCUT2D eigenvalue weighted by Crippen LogP contribution is 2.13. The van der Waals surface area contributed by atoms with Crippen molar-refractivity contribution in [1.82, 2.24) is 10.6 Å². The number of hydrogen-bond donors (Lipinski definition) is 2. The minimum Gasteiger partial charge on any atom is -0.385 e. The summed E-state index contributed by atoms with van der Waals surface area (Å²) >= 11 is 1.50. The molecule has 0 saturated heterocycles. The predicted molar refractivity (Wildman–Crippen MR) is 95.7 cm³/mol. The third kappa shape index (κ3) is 5.64. The van der Waals surface area contributed by atoms with Gasteiger partial charge in [0, 0.05) is 30.7 Å². The van der Waals surface area contributed by atoms with Crippen LogP contribution in [0.2, 0.25) is 0 Å². The molecule has 2 amide bonds. The van der Waals surface area contributed by atoms with Crippen LogP contribution in [0.3, 0.4) is 0 Å². The van der Waals surface area contributed by atoms with Crippen molar-refractivity contribution in [1.29, 1.82) is 0 Å². The molecule has 126 valence electrons. The van der Waals surface area contributed by atoms with Crippen molar-refractivity contribution >= 4 is 29.2 Å². The molecule has 0 aliphatic carbocycles. The van der Waals surface area contributed by atoms with E-state index in [0.717, 1.165) is 4.88 Å². The van der Waals surface area contributed by atoms with Crippen molar-refractivity contribution in [3.8, 4) is 0 Å². The molecule has 0 aliphatic heterocycles. The van der Waals surface area contributed by atoms with Gasteiger partial charge in [0.05, 0.1) is 0 Å². The minimum atomic E-state index is -0.316. The van der Waals surface area contributed by atoms with Crippen LogP contribution in [0, 0.1) is 0 Å². The third-order valence-electron chi connectivity index (χ3n) is 3.17. The quantitative estimate of drug-likeness (QED) is 0.571. The molecule has 0 saturated carbocycles. The summed E-state index contributed by atoms with van der Waals surface area (Å²) in [6.45, 7) is 1.05. The Bertz CT molecular complexity index is 682. The SMILES string of the molecule is COCCCNC(=O)/C(=C/c1cccs1)NC(=O)c1ccccc1. The normalized spacial score (nSPS) is 11.1. The van der Waals surface area contributed by atoms with Crippen molar-refractivity contribution in [2.75, 3.05) is 20.3 Å². The summed E-state index contributed by atoms with van der Waals surface area (Å²) in [5.41, 5.74) is 0.727. The first kappa shape index (κ1) is 17.9. The molecule has 0 unspecified atom stereocenters. The molecule has 0 fully saturated rings. The Kier molecular flexibility index (Phi) is 7.20. The lowest BCUT2D eigenvalue weighted by Gasteiger charge is -2.11. The lowest BCUT2D eigenvalue weighted by Crippen LogP contribution is -2.35. The van der Waals surface area contributed by atoms with Gasteiger partial charge in [0.2, 0.25) is 0 Å². The van der Waals surface area contributed by atoms with E-state index in [1.807, 2.05) is 23.6 Å². The van der Waals surface area contributed by atoms with Gasteiger partial charge in [-0.25, -0.2) is 0 Å². The second-order valence-electron chi connectivity index (χ2n) is 5.00. The molecule has 2 N–H and O–H groups in total. The molecule has 0 aliphatic rings. The standard InChI is InChI=1S/C18H20N2O3S/c1-23-11-6-10-19-18(22)16(13-15-9-5-12-24-15)20-17(21)14-7-3-2-4-8-14/h2-5,7-9,12-13H,6,10-11H2,1H3,(H,19,22)(H,20,21)/b16-13-. The molecule has 1 heterocycles. The number of carbonyl (C=O) groups excluding carboxylic acids is 2. The van der Waals surface area contributed by atoms with Crippen molar-refractivity contribution < 1.29 is 14.3 Å². The zero-order valence-corrected chi connectivity index (χ0v) is 14.3. The zero-order chi connectivity index (χ0) is 17.2. The Balaban J connectivity index is 2.08. The van der Waals surface area contributed by atoms with E-state index in [9.17, 15) is 9.59 Å². The van der Waals surface area contributed by atoms with Crippen molar-refractivity contribution in [2.24, 2.45) is 0 Å². The van der Waals surface area contributed by atoms with E-state index < -0.39 is 0 Å². The van der Waals surface area contributed by atoms with Gasteiger partial charge in [-0.15, -0.1) is 11.3 Å². The highest BCUT2D eigenvalue weighted by molar-refractivity contribution is 7.10. The van der Waals surface area contributed by atoms with E-state index in [-0.39, 0.29) is 17.5 Å². The van der Waals surface area contributed by atoms with Crippen LogP contribution in [-0.4, -0.2) is 32.1 Å². The monoisotopic (exact) mass is 344 g/mol. The van der Waals surface area contributed by atoms with Crippen LogP contribution >= 0.6 is 11.3 Å². The smallest absolute Gasteiger partial charge is 0.267 e. The fourth-order valence-corrected chi connectivity index (χ4v) is 2.63. The Morgan fingerprint density at radius 3 is 2.62 bits per heavy atom. The molecule has 0 bridgehead atoms. The average Bonchev–Trinajstić information content (AvgIpc) is 3.12. The summed E-state index contributed by atoms with van der Waals surface area (Å²) in [7, 11) is 1.62. The van der Waals surface area contributed by atoms with Gasteiger partial charge < -0.3 is 15.4 Å². The van der Waals surface area contributed by atoms with Gasteiger partial charge in [-0.3, -0.25) is 9.59 Å². The second-order valence-corrected chi connectivity index (χ2v) is 5.98. The van der Waals surface area contributed by atoms with Crippen LogP contribution < -0.4 is 10.6 Å². The summed E-state index contributed by atoms with van der Waals surface area (Å²) in [5, 5.41) is 7.40. The van der Waals surface area contributed by atoms with Crippen LogP contribution in [0.5, 0.6) is 0 Å². The second kappa shape index (κ2) is 9.64. The van der Waals surface area contributed by atoms with E-state index in [1.54, 1.807) is 37.5 Å². The molecular formula is C18H20N2O3S. The van der Waals surface area contributed by atoms with Crippen LogP contribution in [0.15, 0.2) is 53.5 Å². The van der Waals surface area contributed by atoms with E-state index in [4.69, 9.17) is 4.74 Å². The molecule has 5 nitrogen and oxygen atoms in total. The van der Waals surface area contributed by atoms with Gasteiger partial charge in [-0.2, -0.15) is 0 Å². The number of benzene rings is 1. The fourth-order valence-electron chi connectivity index (χ4n) is 1.97. The number of hydrogen-bond acceptors (Lipinski definition) is 4. The van der Waals surface area contributed by atoms with Crippen LogP contribution in [0.1, 0.15) is 21.7 Å². The number of thiophene rings is 1. The molecule has 1 aromatic heterocycles. The van der Waals surface area contributed by atoms with Crippen molar-refractivity contribution in [3.63, 3.8) is 0 Å². The first-order chi connectivity index (χ1) is 11.7. The molecule has 6 heteroatoms. The minimum absolute atomic E-state index is 0.226. The number of methoxy groups -OCH3 is 1. The van der Waals surface area contributed by atoms with Gasteiger partial charge in [-0.1, -0.05) is 24.3 Å². The lowest BCUT2D eigenvalue weighted by atomic mass is 10.2. The lowest BCUT2D eigenvalue weighted by molar-refractivity contribution is -0.117. The molecule has 24 heavy (non-hydrogen) atoms. The first-order valence-corrected chi connectivity index (χ1v) is 8.47. The van der Waals surface area contributed by atoms with Crippen LogP contribution in [0.25, 0.3) is 6.08 Å². The summed E-state index contributed by atoms with van der Waals surface area (Å²) in [5.74, 6) is -0.630. The molecule has 0 atom stereocenters. The van der Waals surface area contributed by atoms with Crippen LogP contribution in [-0.2, 0) is 9.53 Å². The first-order valence-electron chi connectivity index (χ1n) is 7.59. The Morgan fingerprint density at radius 2 is 1.96 bits per heavy atom. The van der Waals surface area contributed by atoms with E-state index in [1.165, 1.54) is 11.3 Å². The summed E-state index contributed by atoms with van der Waals surface area (Å²) in [6.07, 6.45) is 2.39. The van der Waals surface area contributed by atoms with E-state index in [0.29, 0.717) is 25.1 Å². The molecule has 2 aromatic rings. The molecule has 1 aromatic carbocycles. The van der Waals surface area contributed by atoms with Gasteiger partial charge in [-0.05, 0) is 36.1 Å². The maximum atomic E-state index is 12.4. The number of amides is 2. The highest BCUT2D eigenvalue weighted by Gasteiger charge is 2.14.